The largest absolute Gasteiger partial charge is 0.342 e. The van der Waals surface area contributed by atoms with E-state index in [0.717, 1.165) is 22.9 Å². The molecule has 146 valence electrons. The van der Waals surface area contributed by atoms with E-state index >= 15 is 0 Å². The van der Waals surface area contributed by atoms with Crippen molar-refractivity contribution in [2.75, 3.05) is 11.4 Å². The Morgan fingerprint density at radius 1 is 0.897 bits per heavy atom. The van der Waals surface area contributed by atoms with E-state index in [4.69, 9.17) is 4.98 Å². The summed E-state index contributed by atoms with van der Waals surface area (Å²) in [5.74, 6) is 0.203. The molecule has 0 spiro atoms. The van der Waals surface area contributed by atoms with Crippen molar-refractivity contribution in [3.05, 3.63) is 82.4 Å². The zero-order valence-electron chi connectivity index (χ0n) is 16.2. The molecule has 29 heavy (non-hydrogen) atoms. The zero-order chi connectivity index (χ0) is 20.1. The molecule has 0 unspecified atom stereocenters. The lowest BCUT2D eigenvalue weighted by molar-refractivity contribution is -0.116. The van der Waals surface area contributed by atoms with Gasteiger partial charge in [0.1, 0.15) is 5.78 Å². The lowest BCUT2D eigenvalue weighted by Crippen LogP contribution is -2.24. The highest BCUT2D eigenvalue weighted by atomic mass is 32.1. The Kier molecular flexibility index (Phi) is 6.17. The highest BCUT2D eigenvalue weighted by molar-refractivity contribution is 7.14. The minimum atomic E-state index is 0.203. The number of benzene rings is 2. The third-order valence-corrected chi connectivity index (χ3v) is 6.47. The van der Waals surface area contributed by atoms with E-state index in [1.54, 1.807) is 29.6 Å². The van der Waals surface area contributed by atoms with E-state index in [1.807, 2.05) is 6.07 Å². The summed E-state index contributed by atoms with van der Waals surface area (Å²) in [6, 6.07) is 23.1. The Morgan fingerprint density at radius 3 is 2.31 bits per heavy atom. The predicted octanol–water partition coefficient (Wildman–Crippen LogP) is 6.52. The molecule has 0 saturated heterocycles. The molecule has 4 aromatic rings. The van der Waals surface area contributed by atoms with Gasteiger partial charge >= 0.3 is 0 Å². The smallest absolute Gasteiger partial charge is 0.186 e. The zero-order valence-corrected chi connectivity index (χ0v) is 17.9. The number of carbonyl (C=O) groups is 1. The lowest BCUT2D eigenvalue weighted by atomic mass is 10.0. The first-order valence-electron chi connectivity index (χ1n) is 9.57. The summed E-state index contributed by atoms with van der Waals surface area (Å²) < 4.78 is 0. The van der Waals surface area contributed by atoms with E-state index in [0.29, 0.717) is 13.0 Å². The van der Waals surface area contributed by atoms with Gasteiger partial charge in [0.2, 0.25) is 0 Å². The number of thiazole rings is 1. The van der Waals surface area contributed by atoms with Crippen molar-refractivity contribution in [3.8, 4) is 22.4 Å². The van der Waals surface area contributed by atoms with Crippen LogP contribution in [0.2, 0.25) is 0 Å². The minimum absolute atomic E-state index is 0.203. The Bertz CT molecular complexity index is 1050. The molecule has 0 saturated carbocycles. The van der Waals surface area contributed by atoms with Gasteiger partial charge in [-0.05, 0) is 29.5 Å². The molecule has 4 rings (SSSR count). The number of carbonyl (C=O) groups excluding carboxylic acids is 1. The molecule has 0 amide bonds. The Labute approximate surface area is 179 Å². The van der Waals surface area contributed by atoms with Crippen LogP contribution in [0.4, 0.5) is 5.13 Å². The maximum atomic E-state index is 11.5. The number of hydrogen-bond acceptors (Lipinski definition) is 5. The van der Waals surface area contributed by atoms with Gasteiger partial charge in [0, 0.05) is 28.8 Å². The molecule has 0 aliphatic rings. The van der Waals surface area contributed by atoms with Crippen LogP contribution >= 0.6 is 22.7 Å². The van der Waals surface area contributed by atoms with E-state index < -0.39 is 0 Å². The Balaban J connectivity index is 1.54. The van der Waals surface area contributed by atoms with E-state index in [9.17, 15) is 4.79 Å². The van der Waals surface area contributed by atoms with Crippen LogP contribution in [0.5, 0.6) is 0 Å². The topological polar surface area (TPSA) is 33.2 Å². The summed E-state index contributed by atoms with van der Waals surface area (Å²) in [6.07, 6.45) is 0.534. The summed E-state index contributed by atoms with van der Waals surface area (Å²) in [5.41, 5.74) is 4.49. The fourth-order valence-corrected chi connectivity index (χ4v) is 4.71. The number of rotatable bonds is 8. The predicted molar refractivity (Wildman–Crippen MR) is 124 cm³/mol. The van der Waals surface area contributed by atoms with Crippen molar-refractivity contribution in [2.45, 2.75) is 19.9 Å². The molecular weight excluding hydrogens is 396 g/mol. The molecule has 2 aromatic carbocycles. The standard InChI is InChI=1S/C24H22N2OS2/c1-18(27)13-14-26(16-22-8-5-15-28-22)24-25-23(17-29-24)21-11-9-20(10-12-21)19-6-3-2-4-7-19/h2-12,15,17H,13-14,16H2,1H3. The number of hydrogen-bond donors (Lipinski definition) is 0. The van der Waals surface area contributed by atoms with E-state index in [-0.39, 0.29) is 5.78 Å². The van der Waals surface area contributed by atoms with Crippen LogP contribution in [0, 0.1) is 0 Å². The van der Waals surface area contributed by atoms with E-state index in [1.165, 1.54) is 16.0 Å². The van der Waals surface area contributed by atoms with Crippen LogP contribution < -0.4 is 4.90 Å². The van der Waals surface area contributed by atoms with Crippen molar-refractivity contribution < 1.29 is 4.79 Å². The van der Waals surface area contributed by atoms with Gasteiger partial charge in [-0.3, -0.25) is 4.79 Å². The number of nitrogens with zero attached hydrogens (tertiary/aromatic N) is 2. The highest BCUT2D eigenvalue weighted by Gasteiger charge is 2.14. The van der Waals surface area contributed by atoms with Crippen molar-refractivity contribution in [1.82, 2.24) is 4.98 Å². The molecule has 0 aliphatic heterocycles. The fourth-order valence-electron chi connectivity index (χ4n) is 3.13. The van der Waals surface area contributed by atoms with Crippen LogP contribution in [0.25, 0.3) is 22.4 Å². The lowest BCUT2D eigenvalue weighted by Gasteiger charge is -2.20. The monoisotopic (exact) mass is 418 g/mol. The molecule has 0 bridgehead atoms. The first-order chi connectivity index (χ1) is 14.2. The Morgan fingerprint density at radius 2 is 1.62 bits per heavy atom. The number of thiophene rings is 1. The first-order valence-corrected chi connectivity index (χ1v) is 11.3. The highest BCUT2D eigenvalue weighted by Crippen LogP contribution is 2.30. The third kappa shape index (κ3) is 5.00. The molecule has 2 aromatic heterocycles. The second-order valence-corrected chi connectivity index (χ2v) is 8.78. The molecule has 0 atom stereocenters. The van der Waals surface area contributed by atoms with Crippen LogP contribution in [-0.4, -0.2) is 17.3 Å². The number of Topliss-reactive ketones (excluding diaryl/α,β-unsaturated/α-hetero) is 1. The van der Waals surface area contributed by atoms with Gasteiger partial charge in [-0.2, -0.15) is 0 Å². The minimum Gasteiger partial charge on any atom is -0.342 e. The van der Waals surface area contributed by atoms with Gasteiger partial charge in [-0.25, -0.2) is 4.98 Å². The Hall–Kier alpha value is -2.76. The maximum absolute atomic E-state index is 11.5. The van der Waals surface area contributed by atoms with Crippen LogP contribution in [0.1, 0.15) is 18.2 Å². The maximum Gasteiger partial charge on any atom is 0.186 e. The molecule has 0 radical (unpaired) electrons. The quantitative estimate of drug-likeness (QED) is 0.326. The fraction of sp³-hybridized carbons (Fsp3) is 0.167. The summed E-state index contributed by atoms with van der Waals surface area (Å²) in [7, 11) is 0. The van der Waals surface area contributed by atoms with Crippen molar-refractivity contribution >= 4 is 33.6 Å². The van der Waals surface area contributed by atoms with Crippen molar-refractivity contribution in [3.63, 3.8) is 0 Å². The number of aromatic nitrogens is 1. The van der Waals surface area contributed by atoms with Gasteiger partial charge in [-0.1, -0.05) is 60.7 Å². The SMILES string of the molecule is CC(=O)CCN(Cc1cccs1)c1nc(-c2ccc(-c3ccccc3)cc2)cs1. The normalized spacial score (nSPS) is 10.8. The van der Waals surface area contributed by atoms with Crippen LogP contribution in [0.15, 0.2) is 77.5 Å². The molecule has 3 nitrogen and oxygen atoms in total. The summed E-state index contributed by atoms with van der Waals surface area (Å²) >= 11 is 3.37. The summed E-state index contributed by atoms with van der Waals surface area (Å²) in [5, 5.41) is 5.14. The average Bonchev–Trinajstić information content (AvgIpc) is 3.44. The van der Waals surface area contributed by atoms with Crippen LogP contribution in [-0.2, 0) is 11.3 Å². The van der Waals surface area contributed by atoms with Crippen molar-refractivity contribution in [2.24, 2.45) is 0 Å². The van der Waals surface area contributed by atoms with Gasteiger partial charge in [-0.15, -0.1) is 22.7 Å². The molecule has 5 heteroatoms. The summed E-state index contributed by atoms with van der Waals surface area (Å²) in [6.45, 7) is 3.11. The van der Waals surface area contributed by atoms with Gasteiger partial charge in [0.25, 0.3) is 0 Å². The summed E-state index contributed by atoms with van der Waals surface area (Å²) in [4.78, 5) is 19.9. The third-order valence-electron chi connectivity index (χ3n) is 4.71. The van der Waals surface area contributed by atoms with Gasteiger partial charge in [0.15, 0.2) is 5.13 Å². The number of ketones is 1. The molecule has 0 fully saturated rings. The van der Waals surface area contributed by atoms with Gasteiger partial charge in [0.05, 0.1) is 12.2 Å². The first kappa shape index (κ1) is 19.6. The van der Waals surface area contributed by atoms with E-state index in [2.05, 4.69) is 76.3 Å². The number of anilines is 1. The molecule has 0 N–H and O–H groups in total. The molecular formula is C24H22N2OS2. The van der Waals surface area contributed by atoms with Crippen LogP contribution in [0.3, 0.4) is 0 Å². The second kappa shape index (κ2) is 9.16. The second-order valence-electron chi connectivity index (χ2n) is 6.91. The van der Waals surface area contributed by atoms with Crippen molar-refractivity contribution in [1.29, 1.82) is 0 Å². The molecule has 2 heterocycles. The average molecular weight is 419 g/mol. The van der Waals surface area contributed by atoms with Gasteiger partial charge < -0.3 is 4.90 Å². The molecule has 0 aliphatic carbocycles.